The Morgan fingerprint density at radius 1 is 1.05 bits per heavy atom. The second-order valence-corrected chi connectivity index (χ2v) is 6.95. The van der Waals surface area contributed by atoms with Crippen LogP contribution in [0.2, 0.25) is 0 Å². The number of thioether (sulfide) groups is 1. The van der Waals surface area contributed by atoms with Gasteiger partial charge < -0.3 is 4.57 Å². The number of aromatic nitrogens is 3. The van der Waals surface area contributed by atoms with Gasteiger partial charge in [-0.15, -0.1) is 10.2 Å². The van der Waals surface area contributed by atoms with Gasteiger partial charge in [0.2, 0.25) is 0 Å². The van der Waals surface area contributed by atoms with Crippen LogP contribution in [0.1, 0.15) is 11.1 Å². The Morgan fingerprint density at radius 3 is 2.50 bits per heavy atom. The molecule has 0 saturated carbocycles. The Balaban J connectivity index is 1.79. The van der Waals surface area contributed by atoms with E-state index in [1.54, 1.807) is 11.8 Å². The highest BCUT2D eigenvalue weighted by Crippen LogP contribution is 2.27. The summed E-state index contributed by atoms with van der Waals surface area (Å²) >= 11 is 5.16. The fourth-order valence-electron chi connectivity index (χ4n) is 2.23. The Kier molecular flexibility index (Phi) is 4.64. The highest BCUT2D eigenvalue weighted by atomic mass is 79.9. The van der Waals surface area contributed by atoms with Gasteiger partial charge in [0.1, 0.15) is 0 Å². The van der Waals surface area contributed by atoms with Gasteiger partial charge in [0.05, 0.1) is 0 Å². The van der Waals surface area contributed by atoms with E-state index in [0.29, 0.717) is 0 Å². The largest absolute Gasteiger partial charge is 0.305 e. The summed E-state index contributed by atoms with van der Waals surface area (Å²) in [5.74, 6) is 1.80. The molecule has 0 aliphatic heterocycles. The maximum absolute atomic E-state index is 4.36. The van der Waals surface area contributed by atoms with Crippen LogP contribution < -0.4 is 0 Å². The minimum atomic E-state index is 0.882. The summed E-state index contributed by atoms with van der Waals surface area (Å²) < 4.78 is 3.16. The summed E-state index contributed by atoms with van der Waals surface area (Å²) in [6.07, 6.45) is 0. The van der Waals surface area contributed by atoms with Crippen LogP contribution in [0.25, 0.3) is 11.4 Å². The molecule has 0 fully saturated rings. The molecular formula is C17H16BrN3S. The molecule has 1 aromatic heterocycles. The van der Waals surface area contributed by atoms with Gasteiger partial charge in [-0.25, -0.2) is 0 Å². The predicted molar refractivity (Wildman–Crippen MR) is 94.9 cm³/mol. The molecule has 1 heterocycles. The van der Waals surface area contributed by atoms with Crippen LogP contribution in [0.3, 0.4) is 0 Å². The van der Waals surface area contributed by atoms with Crippen LogP contribution in [0.5, 0.6) is 0 Å². The van der Waals surface area contributed by atoms with Crippen molar-refractivity contribution in [2.75, 3.05) is 0 Å². The molecule has 0 aliphatic rings. The number of hydrogen-bond donors (Lipinski definition) is 0. The van der Waals surface area contributed by atoms with Crippen LogP contribution in [-0.2, 0) is 12.8 Å². The molecule has 22 heavy (non-hydrogen) atoms. The van der Waals surface area contributed by atoms with Gasteiger partial charge in [-0.2, -0.15) is 0 Å². The molecule has 0 amide bonds. The minimum absolute atomic E-state index is 0.882. The number of rotatable bonds is 4. The molecule has 3 aromatic rings. The predicted octanol–water partition coefficient (Wildman–Crippen LogP) is 4.85. The lowest BCUT2D eigenvalue weighted by molar-refractivity contribution is 0.793. The number of nitrogens with zero attached hydrogens (tertiary/aromatic N) is 3. The average molecular weight is 374 g/mol. The zero-order chi connectivity index (χ0) is 15.5. The smallest absolute Gasteiger partial charge is 0.191 e. The quantitative estimate of drug-likeness (QED) is 0.612. The summed E-state index contributed by atoms with van der Waals surface area (Å²) in [5, 5.41) is 9.62. The van der Waals surface area contributed by atoms with E-state index in [-0.39, 0.29) is 0 Å². The van der Waals surface area contributed by atoms with Crippen molar-refractivity contribution in [1.82, 2.24) is 14.8 Å². The Hall–Kier alpha value is -1.59. The third-order valence-electron chi connectivity index (χ3n) is 3.50. The van der Waals surface area contributed by atoms with E-state index in [1.807, 2.05) is 19.2 Å². The molecule has 3 nitrogen and oxygen atoms in total. The van der Waals surface area contributed by atoms with Gasteiger partial charge >= 0.3 is 0 Å². The number of halogens is 1. The molecule has 0 unspecified atom stereocenters. The van der Waals surface area contributed by atoms with E-state index < -0.39 is 0 Å². The normalized spacial score (nSPS) is 10.9. The van der Waals surface area contributed by atoms with Crippen LogP contribution in [0.15, 0.2) is 58.2 Å². The summed E-state index contributed by atoms with van der Waals surface area (Å²) in [6, 6.07) is 16.6. The third-order valence-corrected chi connectivity index (χ3v) is 5.12. The summed E-state index contributed by atoms with van der Waals surface area (Å²) in [6.45, 7) is 2.10. The molecule has 3 rings (SSSR count). The molecule has 0 atom stereocenters. The van der Waals surface area contributed by atoms with Gasteiger partial charge in [0.15, 0.2) is 11.0 Å². The molecule has 0 radical (unpaired) electrons. The molecule has 0 saturated heterocycles. The average Bonchev–Trinajstić information content (AvgIpc) is 2.88. The first-order chi connectivity index (χ1) is 10.6. The summed E-state index contributed by atoms with van der Waals surface area (Å²) in [5.41, 5.74) is 3.61. The molecule has 0 bridgehead atoms. The highest BCUT2D eigenvalue weighted by molar-refractivity contribution is 9.10. The van der Waals surface area contributed by atoms with Crippen molar-refractivity contribution in [3.05, 3.63) is 64.1 Å². The zero-order valence-electron chi connectivity index (χ0n) is 12.5. The number of aryl methyl sites for hydroxylation is 1. The summed E-state index contributed by atoms with van der Waals surface area (Å²) in [4.78, 5) is 0. The van der Waals surface area contributed by atoms with E-state index in [0.717, 1.165) is 26.8 Å². The van der Waals surface area contributed by atoms with Crippen molar-refractivity contribution in [1.29, 1.82) is 0 Å². The van der Waals surface area contributed by atoms with Crippen LogP contribution in [-0.4, -0.2) is 14.8 Å². The van der Waals surface area contributed by atoms with Gasteiger partial charge in [0.25, 0.3) is 0 Å². The second-order valence-electron chi connectivity index (χ2n) is 5.10. The second kappa shape index (κ2) is 6.67. The lowest BCUT2D eigenvalue weighted by Gasteiger charge is -2.06. The van der Waals surface area contributed by atoms with Crippen LogP contribution in [0.4, 0.5) is 0 Å². The molecular weight excluding hydrogens is 358 g/mol. The van der Waals surface area contributed by atoms with E-state index in [4.69, 9.17) is 0 Å². The first-order valence-electron chi connectivity index (χ1n) is 6.98. The van der Waals surface area contributed by atoms with Gasteiger partial charge in [-0.05, 0) is 30.2 Å². The third kappa shape index (κ3) is 3.25. The fourth-order valence-corrected chi connectivity index (χ4v) is 3.36. The van der Waals surface area contributed by atoms with Crippen molar-refractivity contribution in [2.45, 2.75) is 17.8 Å². The van der Waals surface area contributed by atoms with Crippen molar-refractivity contribution >= 4 is 27.7 Å². The highest BCUT2D eigenvalue weighted by Gasteiger charge is 2.12. The standard InChI is InChI=1S/C17H16BrN3S/c1-12-5-3-4-6-15(12)16-19-20-17(21(16)2)22-11-13-7-9-14(18)10-8-13/h3-10H,11H2,1-2H3. The first kappa shape index (κ1) is 15.3. The molecule has 2 aromatic carbocycles. The minimum Gasteiger partial charge on any atom is -0.305 e. The Labute approximate surface area is 142 Å². The monoisotopic (exact) mass is 373 g/mol. The van der Waals surface area contributed by atoms with Crippen molar-refractivity contribution < 1.29 is 0 Å². The molecule has 5 heteroatoms. The molecule has 112 valence electrons. The fraction of sp³-hybridized carbons (Fsp3) is 0.176. The molecule has 0 spiro atoms. The van der Waals surface area contributed by atoms with Crippen LogP contribution >= 0.6 is 27.7 Å². The van der Waals surface area contributed by atoms with E-state index >= 15 is 0 Å². The van der Waals surface area contributed by atoms with Gasteiger partial charge in [-0.3, -0.25) is 0 Å². The topological polar surface area (TPSA) is 30.7 Å². The Bertz CT molecular complexity index is 781. The van der Waals surface area contributed by atoms with E-state index in [1.165, 1.54) is 11.1 Å². The van der Waals surface area contributed by atoms with Crippen molar-refractivity contribution in [3.63, 3.8) is 0 Å². The maximum atomic E-state index is 4.36. The Morgan fingerprint density at radius 2 is 1.77 bits per heavy atom. The lowest BCUT2D eigenvalue weighted by atomic mass is 10.1. The first-order valence-corrected chi connectivity index (χ1v) is 8.75. The van der Waals surface area contributed by atoms with Gasteiger partial charge in [0, 0.05) is 22.8 Å². The number of benzene rings is 2. The molecule has 0 aliphatic carbocycles. The maximum Gasteiger partial charge on any atom is 0.191 e. The number of hydrogen-bond acceptors (Lipinski definition) is 3. The zero-order valence-corrected chi connectivity index (χ0v) is 14.9. The van der Waals surface area contributed by atoms with Gasteiger partial charge in [-0.1, -0.05) is 64.1 Å². The van der Waals surface area contributed by atoms with E-state index in [2.05, 4.69) is 74.0 Å². The van der Waals surface area contributed by atoms with Crippen LogP contribution in [0, 0.1) is 6.92 Å². The summed E-state index contributed by atoms with van der Waals surface area (Å²) in [7, 11) is 2.02. The van der Waals surface area contributed by atoms with E-state index in [9.17, 15) is 0 Å². The lowest BCUT2D eigenvalue weighted by Crippen LogP contribution is -1.96. The SMILES string of the molecule is Cc1ccccc1-c1nnc(SCc2ccc(Br)cc2)n1C. The van der Waals surface area contributed by atoms with Crippen molar-refractivity contribution in [3.8, 4) is 11.4 Å². The molecule has 0 N–H and O–H groups in total. The van der Waals surface area contributed by atoms with Crippen molar-refractivity contribution in [2.24, 2.45) is 7.05 Å².